The molecule has 19 heavy (non-hydrogen) atoms. The van der Waals surface area contributed by atoms with Crippen LogP contribution >= 0.6 is 0 Å². The van der Waals surface area contributed by atoms with Crippen molar-refractivity contribution in [1.82, 2.24) is 0 Å². The molecule has 0 N–H and O–H groups in total. The van der Waals surface area contributed by atoms with Gasteiger partial charge < -0.3 is 5.21 Å². The number of benzene rings is 1. The Morgan fingerprint density at radius 1 is 1.26 bits per heavy atom. The summed E-state index contributed by atoms with van der Waals surface area (Å²) in [6, 6.07) is 8.15. The van der Waals surface area contributed by atoms with Crippen LogP contribution in [-0.4, -0.2) is 11.0 Å². The van der Waals surface area contributed by atoms with E-state index in [0.717, 1.165) is 23.1 Å². The first-order valence-electron chi connectivity index (χ1n) is 7.19. The van der Waals surface area contributed by atoms with Gasteiger partial charge in [0, 0.05) is 11.5 Å². The fourth-order valence-electron chi connectivity index (χ4n) is 2.25. The van der Waals surface area contributed by atoms with Crippen molar-refractivity contribution < 1.29 is 4.74 Å². The molecule has 0 radical (unpaired) electrons. The summed E-state index contributed by atoms with van der Waals surface area (Å²) in [5, 5.41) is 12.0. The monoisotopic (exact) mass is 261 g/mol. The highest BCUT2D eigenvalue weighted by atomic mass is 16.5. The van der Waals surface area contributed by atoms with Gasteiger partial charge in [0.15, 0.2) is 12.8 Å². The van der Waals surface area contributed by atoms with Gasteiger partial charge in [-0.25, -0.2) is 4.74 Å². The van der Waals surface area contributed by atoms with Crippen molar-refractivity contribution in [2.24, 2.45) is 11.3 Å². The van der Waals surface area contributed by atoms with Crippen molar-refractivity contribution in [3.05, 3.63) is 40.6 Å². The summed E-state index contributed by atoms with van der Waals surface area (Å²) in [6.45, 7) is 11.3. The average molecular weight is 261 g/mol. The van der Waals surface area contributed by atoms with E-state index in [0.29, 0.717) is 6.54 Å². The Hall–Kier alpha value is -1.31. The van der Waals surface area contributed by atoms with Gasteiger partial charge >= 0.3 is 0 Å². The van der Waals surface area contributed by atoms with Crippen LogP contribution in [0.25, 0.3) is 0 Å². The van der Waals surface area contributed by atoms with E-state index in [2.05, 4.69) is 34.6 Å². The van der Waals surface area contributed by atoms with Crippen LogP contribution in [0.2, 0.25) is 0 Å². The number of hydrogen-bond acceptors (Lipinski definition) is 1. The van der Waals surface area contributed by atoms with E-state index in [-0.39, 0.29) is 11.3 Å². The summed E-state index contributed by atoms with van der Waals surface area (Å²) >= 11 is 0. The molecule has 0 aromatic heterocycles. The molecule has 0 saturated heterocycles. The second kappa shape index (κ2) is 6.74. The lowest BCUT2D eigenvalue weighted by Crippen LogP contribution is -2.25. The first-order valence-corrected chi connectivity index (χ1v) is 7.19. The topological polar surface area (TPSA) is 26.1 Å². The highest BCUT2D eigenvalue weighted by molar-refractivity contribution is 5.56. The van der Waals surface area contributed by atoms with Crippen LogP contribution in [0.1, 0.15) is 51.7 Å². The Bertz CT molecular complexity index is 417. The maximum absolute atomic E-state index is 12.0. The molecule has 1 aromatic carbocycles. The Morgan fingerprint density at radius 3 is 2.37 bits per heavy atom. The Kier molecular flexibility index (Phi) is 5.59. The Morgan fingerprint density at radius 2 is 1.84 bits per heavy atom. The summed E-state index contributed by atoms with van der Waals surface area (Å²) in [5.74, 6) is 0.287. The molecule has 0 fully saturated rings. The Balaban J connectivity index is 2.68. The first-order chi connectivity index (χ1) is 8.85. The molecule has 1 aromatic rings. The number of aryl methyl sites for hydroxylation is 1. The lowest BCUT2D eigenvalue weighted by atomic mass is 9.77. The quantitative estimate of drug-likeness (QED) is 0.319. The molecule has 1 atom stereocenters. The predicted octanol–water partition coefficient (Wildman–Crippen LogP) is 4.54. The highest BCUT2D eigenvalue weighted by Crippen LogP contribution is 2.30. The van der Waals surface area contributed by atoms with Crippen LogP contribution in [0.5, 0.6) is 0 Å². The zero-order chi connectivity index (χ0) is 14.5. The van der Waals surface area contributed by atoms with Crippen LogP contribution in [0.15, 0.2) is 24.3 Å². The molecule has 0 unspecified atom stereocenters. The summed E-state index contributed by atoms with van der Waals surface area (Å²) < 4.78 is 1.08. The number of hydroxylamine groups is 1. The molecule has 0 aliphatic carbocycles. The Labute approximate surface area is 117 Å². The molecule has 0 aliphatic rings. The van der Waals surface area contributed by atoms with E-state index >= 15 is 0 Å². The van der Waals surface area contributed by atoms with Gasteiger partial charge in [0.1, 0.15) is 0 Å². The summed E-state index contributed by atoms with van der Waals surface area (Å²) in [4.78, 5) is 0. The molecule has 106 valence electrons. The highest BCUT2D eigenvalue weighted by Gasteiger charge is 2.25. The van der Waals surface area contributed by atoms with E-state index in [1.165, 1.54) is 5.56 Å². The smallest absolute Gasteiger partial charge is 0.178 e. The van der Waals surface area contributed by atoms with Crippen molar-refractivity contribution in [2.75, 3.05) is 0 Å². The van der Waals surface area contributed by atoms with Gasteiger partial charge in [0.25, 0.3) is 0 Å². The van der Waals surface area contributed by atoms with Crippen LogP contribution in [-0.2, 0) is 6.54 Å². The molecule has 0 amide bonds. The molecule has 0 spiro atoms. The van der Waals surface area contributed by atoms with Crippen molar-refractivity contribution in [3.63, 3.8) is 0 Å². The van der Waals surface area contributed by atoms with E-state index in [9.17, 15) is 5.21 Å². The zero-order valence-electron chi connectivity index (χ0n) is 12.9. The molecule has 2 nitrogen and oxygen atoms in total. The molecular weight excluding hydrogens is 234 g/mol. The maximum atomic E-state index is 12.0. The van der Waals surface area contributed by atoms with Crippen molar-refractivity contribution in [3.8, 4) is 0 Å². The largest absolute Gasteiger partial charge is 0.624 e. The number of rotatable bonds is 6. The summed E-state index contributed by atoms with van der Waals surface area (Å²) in [5.41, 5.74) is 2.48. The van der Waals surface area contributed by atoms with E-state index in [4.69, 9.17) is 0 Å². The summed E-state index contributed by atoms with van der Waals surface area (Å²) in [7, 11) is 0. The number of nitrogens with zero attached hydrogens (tertiary/aromatic N) is 1. The van der Waals surface area contributed by atoms with Crippen LogP contribution in [0.3, 0.4) is 0 Å². The van der Waals surface area contributed by atoms with Gasteiger partial charge in [0.2, 0.25) is 0 Å². The van der Waals surface area contributed by atoms with Crippen molar-refractivity contribution in [1.29, 1.82) is 0 Å². The lowest BCUT2D eigenvalue weighted by Gasteiger charge is -2.28. The van der Waals surface area contributed by atoms with E-state index in [1.807, 2.05) is 30.5 Å². The van der Waals surface area contributed by atoms with Crippen molar-refractivity contribution in [2.45, 2.75) is 54.0 Å². The van der Waals surface area contributed by atoms with Crippen LogP contribution < -0.4 is 0 Å². The van der Waals surface area contributed by atoms with Gasteiger partial charge in [-0.1, -0.05) is 63.9 Å². The van der Waals surface area contributed by atoms with E-state index < -0.39 is 0 Å². The molecular formula is C17H27NO. The second-order valence-electron chi connectivity index (χ2n) is 6.24. The first kappa shape index (κ1) is 15.7. The standard InChI is InChI=1S/C17H27NO/c1-6-11-17(4,5)15(3)12-18(19)13-16-9-7-14(2)8-10-16/h7-10,12,15H,6,11,13H2,1-5H3/t15-/m1/s1. The predicted molar refractivity (Wildman–Crippen MR) is 82.4 cm³/mol. The third-order valence-electron chi connectivity index (χ3n) is 3.98. The fourth-order valence-corrected chi connectivity index (χ4v) is 2.25. The normalized spacial score (nSPS) is 14.5. The molecule has 1 rings (SSSR count). The van der Waals surface area contributed by atoms with Crippen molar-refractivity contribution >= 4 is 6.21 Å². The molecule has 0 saturated carbocycles. The molecule has 0 heterocycles. The zero-order valence-corrected chi connectivity index (χ0v) is 12.9. The second-order valence-corrected chi connectivity index (χ2v) is 6.24. The van der Waals surface area contributed by atoms with Gasteiger partial charge in [0.05, 0.1) is 0 Å². The maximum Gasteiger partial charge on any atom is 0.178 e. The van der Waals surface area contributed by atoms with E-state index in [1.54, 1.807) is 0 Å². The minimum absolute atomic E-state index is 0.185. The third kappa shape index (κ3) is 5.06. The SMILES string of the molecule is CCCC(C)(C)[C@H](C)C=[N+]([O-])Cc1ccc(C)cc1. The van der Waals surface area contributed by atoms with Gasteiger partial charge in [-0.05, 0) is 18.8 Å². The fraction of sp³-hybridized carbons (Fsp3) is 0.588. The lowest BCUT2D eigenvalue weighted by molar-refractivity contribution is -0.472. The molecule has 2 heteroatoms. The molecule has 0 bridgehead atoms. The molecule has 0 aliphatic heterocycles. The minimum Gasteiger partial charge on any atom is -0.624 e. The number of hydrogen-bond donors (Lipinski definition) is 0. The minimum atomic E-state index is 0.185. The van der Waals surface area contributed by atoms with Gasteiger partial charge in [-0.3, -0.25) is 0 Å². The van der Waals surface area contributed by atoms with Crippen LogP contribution in [0.4, 0.5) is 0 Å². The third-order valence-corrected chi connectivity index (χ3v) is 3.98. The summed E-state index contributed by atoms with van der Waals surface area (Å²) in [6.07, 6.45) is 4.13. The van der Waals surface area contributed by atoms with Gasteiger partial charge in [-0.15, -0.1) is 0 Å². The average Bonchev–Trinajstić information content (AvgIpc) is 2.32. The van der Waals surface area contributed by atoms with Crippen LogP contribution in [0, 0.1) is 23.5 Å². The van der Waals surface area contributed by atoms with Gasteiger partial charge in [-0.2, -0.15) is 0 Å².